The van der Waals surface area contributed by atoms with E-state index in [0.717, 1.165) is 16.8 Å². The molecule has 0 saturated heterocycles. The van der Waals surface area contributed by atoms with Gasteiger partial charge in [-0.3, -0.25) is 0 Å². The van der Waals surface area contributed by atoms with Gasteiger partial charge in [0.15, 0.2) is 15.8 Å². The van der Waals surface area contributed by atoms with Gasteiger partial charge in [-0.05, 0) is 47.7 Å². The number of guanidine groups is 1. The molecule has 2 rings (SSSR count). The van der Waals surface area contributed by atoms with Gasteiger partial charge in [0.25, 0.3) is 0 Å². The minimum absolute atomic E-state index is 0. The second kappa shape index (κ2) is 9.36. The predicted molar refractivity (Wildman–Crippen MR) is 119 cm³/mol. The summed E-state index contributed by atoms with van der Waals surface area (Å²) in [6.45, 7) is 6.35. The van der Waals surface area contributed by atoms with Crippen LogP contribution in [0.25, 0.3) is 0 Å². The Morgan fingerprint density at radius 3 is 2.50 bits per heavy atom. The van der Waals surface area contributed by atoms with Crippen LogP contribution in [0.3, 0.4) is 0 Å². The number of hydrogen-bond acceptors (Lipinski definition) is 3. The van der Waals surface area contributed by atoms with Crippen LogP contribution in [0.5, 0.6) is 0 Å². The van der Waals surface area contributed by atoms with E-state index in [1.54, 1.807) is 19.1 Å². The van der Waals surface area contributed by atoms with Crippen LogP contribution in [0, 0.1) is 6.92 Å². The fourth-order valence-electron chi connectivity index (χ4n) is 2.48. The zero-order chi connectivity index (χ0) is 18.6. The van der Waals surface area contributed by atoms with E-state index in [2.05, 4.69) is 30.2 Å². The Morgan fingerprint density at radius 2 is 1.88 bits per heavy atom. The summed E-state index contributed by atoms with van der Waals surface area (Å²) < 4.78 is 23.6. The quantitative estimate of drug-likeness (QED) is 0.379. The average molecular weight is 487 g/mol. The van der Waals surface area contributed by atoms with Crippen molar-refractivity contribution in [3.8, 4) is 0 Å². The van der Waals surface area contributed by atoms with Gasteiger partial charge in [-0.1, -0.05) is 38.1 Å². The van der Waals surface area contributed by atoms with E-state index in [4.69, 9.17) is 5.73 Å². The number of sulfone groups is 1. The Morgan fingerprint density at radius 1 is 1.19 bits per heavy atom. The zero-order valence-corrected chi connectivity index (χ0v) is 18.6. The van der Waals surface area contributed by atoms with E-state index in [1.165, 1.54) is 11.8 Å². The van der Waals surface area contributed by atoms with Crippen molar-refractivity contribution in [3.63, 3.8) is 0 Å². The molecule has 26 heavy (non-hydrogen) atoms. The molecule has 0 aliphatic carbocycles. The molecule has 0 radical (unpaired) electrons. The lowest BCUT2D eigenvalue weighted by Crippen LogP contribution is -2.22. The van der Waals surface area contributed by atoms with Gasteiger partial charge in [-0.15, -0.1) is 24.0 Å². The van der Waals surface area contributed by atoms with Crippen LogP contribution in [0.4, 0.5) is 5.69 Å². The van der Waals surface area contributed by atoms with Gasteiger partial charge in [0, 0.05) is 11.9 Å². The molecule has 0 atom stereocenters. The van der Waals surface area contributed by atoms with Gasteiger partial charge in [-0.2, -0.15) is 0 Å². The second-order valence-corrected chi connectivity index (χ2v) is 8.46. The third kappa shape index (κ3) is 6.28. The molecule has 0 aliphatic rings. The topological polar surface area (TPSA) is 84.5 Å². The number of benzene rings is 2. The zero-order valence-electron chi connectivity index (χ0n) is 15.5. The van der Waals surface area contributed by atoms with Crippen LogP contribution in [-0.4, -0.2) is 20.6 Å². The lowest BCUT2D eigenvalue weighted by molar-refractivity contribution is 0.601. The van der Waals surface area contributed by atoms with E-state index in [-0.39, 0.29) is 24.0 Å². The predicted octanol–water partition coefficient (Wildman–Crippen LogP) is 4.07. The highest BCUT2D eigenvalue weighted by molar-refractivity contribution is 14.0. The highest BCUT2D eigenvalue weighted by atomic mass is 127. The molecule has 0 aliphatic heterocycles. The highest BCUT2D eigenvalue weighted by Gasteiger charge is 2.11. The van der Waals surface area contributed by atoms with Gasteiger partial charge >= 0.3 is 0 Å². The Kier molecular flexibility index (Phi) is 8.08. The van der Waals surface area contributed by atoms with Crippen molar-refractivity contribution in [2.45, 2.75) is 38.1 Å². The van der Waals surface area contributed by atoms with E-state index in [0.29, 0.717) is 23.3 Å². The molecule has 0 amide bonds. The Hall–Kier alpha value is -1.61. The maximum absolute atomic E-state index is 11.8. The highest BCUT2D eigenvalue weighted by Crippen LogP contribution is 2.19. The number of rotatable bonds is 5. The van der Waals surface area contributed by atoms with E-state index in [9.17, 15) is 8.42 Å². The minimum atomic E-state index is -3.25. The van der Waals surface area contributed by atoms with Crippen LogP contribution < -0.4 is 11.1 Å². The molecule has 142 valence electrons. The summed E-state index contributed by atoms with van der Waals surface area (Å²) >= 11 is 0. The van der Waals surface area contributed by atoms with Crippen molar-refractivity contribution < 1.29 is 8.42 Å². The van der Waals surface area contributed by atoms with E-state index < -0.39 is 9.84 Å². The molecule has 0 bridgehead atoms. The van der Waals surface area contributed by atoms with Crippen LogP contribution >= 0.6 is 24.0 Å². The van der Waals surface area contributed by atoms with Crippen LogP contribution in [0.1, 0.15) is 36.5 Å². The molecule has 2 aromatic rings. The summed E-state index contributed by atoms with van der Waals surface area (Å²) in [6, 6.07) is 13.3. The number of aryl methyl sites for hydroxylation is 1. The number of hydrogen-bond donors (Lipinski definition) is 2. The van der Waals surface area contributed by atoms with Crippen LogP contribution in [0.2, 0.25) is 0 Å². The molecule has 0 aromatic heterocycles. The number of nitrogens with zero attached hydrogens (tertiary/aromatic N) is 1. The number of aliphatic imine (C=N–C) groups is 1. The molecular weight excluding hydrogens is 461 g/mol. The summed E-state index contributed by atoms with van der Waals surface area (Å²) in [4.78, 5) is 4.64. The maximum atomic E-state index is 11.8. The van der Waals surface area contributed by atoms with Crippen LogP contribution in [0.15, 0.2) is 52.4 Å². The molecule has 0 unspecified atom stereocenters. The smallest absolute Gasteiger partial charge is 0.193 e. The normalized spacial score (nSPS) is 12.0. The Labute approximate surface area is 173 Å². The summed E-state index contributed by atoms with van der Waals surface area (Å²) in [5.41, 5.74) is 9.58. The fourth-order valence-corrected chi connectivity index (χ4v) is 3.50. The third-order valence-corrected chi connectivity index (χ3v) is 5.15. The molecule has 0 saturated carbocycles. The molecule has 2 aromatic carbocycles. The SMILES string of the molecule is Cc1ccc(CN=C(N)Nc2cccc(C(C)C)c2)cc1S(C)(=O)=O.I. The van der Waals surface area contributed by atoms with Crippen LogP contribution in [-0.2, 0) is 16.4 Å². The van der Waals surface area contributed by atoms with Crippen molar-refractivity contribution >= 4 is 45.5 Å². The molecule has 7 heteroatoms. The monoisotopic (exact) mass is 487 g/mol. The number of nitrogens with two attached hydrogens (primary N) is 1. The first-order valence-corrected chi connectivity index (χ1v) is 10.0. The first-order valence-electron chi connectivity index (χ1n) is 8.13. The van der Waals surface area contributed by atoms with Gasteiger partial charge in [-0.25, -0.2) is 13.4 Å². The van der Waals surface area contributed by atoms with Gasteiger partial charge in [0.1, 0.15) is 0 Å². The maximum Gasteiger partial charge on any atom is 0.193 e. The molecule has 3 N–H and O–H groups in total. The Balaban J connectivity index is 0.00000338. The lowest BCUT2D eigenvalue weighted by atomic mass is 10.0. The average Bonchev–Trinajstić information content (AvgIpc) is 2.53. The molecule has 5 nitrogen and oxygen atoms in total. The molecule has 0 spiro atoms. The second-order valence-electron chi connectivity index (χ2n) is 6.48. The van der Waals surface area contributed by atoms with E-state index >= 15 is 0 Å². The van der Waals surface area contributed by atoms with Crippen molar-refractivity contribution in [2.75, 3.05) is 11.6 Å². The number of halogens is 1. The third-order valence-electron chi connectivity index (χ3n) is 3.91. The van der Waals surface area contributed by atoms with Gasteiger partial charge in [0.05, 0.1) is 11.4 Å². The first kappa shape index (κ1) is 22.4. The minimum Gasteiger partial charge on any atom is -0.370 e. The van der Waals surface area contributed by atoms with E-state index in [1.807, 2.05) is 24.3 Å². The van der Waals surface area contributed by atoms with Crippen molar-refractivity contribution in [2.24, 2.45) is 10.7 Å². The molecule has 0 fully saturated rings. The number of anilines is 1. The fraction of sp³-hybridized carbons (Fsp3) is 0.316. The molecular formula is C19H26IN3O2S. The van der Waals surface area contributed by atoms with Crippen molar-refractivity contribution in [1.29, 1.82) is 0 Å². The van der Waals surface area contributed by atoms with Crippen molar-refractivity contribution in [3.05, 3.63) is 59.2 Å². The van der Waals surface area contributed by atoms with Crippen molar-refractivity contribution in [1.82, 2.24) is 0 Å². The summed E-state index contributed by atoms with van der Waals surface area (Å²) in [6.07, 6.45) is 1.21. The van der Waals surface area contributed by atoms with Gasteiger partial charge < -0.3 is 11.1 Å². The summed E-state index contributed by atoms with van der Waals surface area (Å²) in [5.74, 6) is 0.726. The Bertz CT molecular complexity index is 893. The molecule has 0 heterocycles. The first-order chi connectivity index (χ1) is 11.7. The summed E-state index contributed by atoms with van der Waals surface area (Å²) in [7, 11) is -3.25. The largest absolute Gasteiger partial charge is 0.370 e. The van der Waals surface area contributed by atoms with Gasteiger partial charge in [0.2, 0.25) is 0 Å². The standard InChI is InChI=1S/C19H25N3O2S.HI/c1-13(2)16-6-5-7-17(11-16)22-19(20)21-12-15-9-8-14(3)18(10-15)25(4,23)24;/h5-11,13H,12H2,1-4H3,(H3,20,21,22);1H. The number of nitrogens with one attached hydrogen (secondary N) is 1. The lowest BCUT2D eigenvalue weighted by Gasteiger charge is -2.10. The summed E-state index contributed by atoms with van der Waals surface area (Å²) in [5, 5.41) is 3.07.